The van der Waals surface area contributed by atoms with E-state index in [-0.39, 0.29) is 11.3 Å². The zero-order valence-electron chi connectivity index (χ0n) is 15.6. The van der Waals surface area contributed by atoms with E-state index in [1.54, 1.807) is 60.7 Å². The lowest BCUT2D eigenvalue weighted by atomic mass is 10.1. The van der Waals surface area contributed by atoms with Gasteiger partial charge in [0.25, 0.3) is 11.8 Å². The quantitative estimate of drug-likeness (QED) is 0.411. The number of urea groups is 1. The topological polar surface area (TPSA) is 70.8 Å². The number of carbonyl (C=O) groups is 3. The number of carbonyl (C=O) groups excluding carboxylic acids is 3. The monoisotopic (exact) mass is 440 g/mol. The van der Waals surface area contributed by atoms with Crippen LogP contribution in [0.4, 0.5) is 10.5 Å². The number of hydrogen-bond donors (Lipinski definition) is 0. The number of hydrogen-bond acceptors (Lipinski definition) is 4. The van der Waals surface area contributed by atoms with Gasteiger partial charge in [-0.25, -0.2) is 9.69 Å². The molecule has 4 amide bonds. The molecule has 150 valence electrons. The van der Waals surface area contributed by atoms with Gasteiger partial charge in [-0.15, -0.1) is 0 Å². The second kappa shape index (κ2) is 7.82. The number of para-hydroxylation sites is 1. The lowest BCUT2D eigenvalue weighted by Crippen LogP contribution is -2.55. The number of halogens is 2. The summed E-state index contributed by atoms with van der Waals surface area (Å²) in [6.45, 7) is 0. The van der Waals surface area contributed by atoms with Crippen molar-refractivity contribution in [2.45, 2.75) is 0 Å². The highest BCUT2D eigenvalue weighted by atomic mass is 35.5. The number of benzene rings is 2. The fourth-order valence-electron chi connectivity index (χ4n) is 3.05. The zero-order chi connectivity index (χ0) is 21.4. The van der Waals surface area contributed by atoms with E-state index in [0.29, 0.717) is 27.1 Å². The van der Waals surface area contributed by atoms with E-state index < -0.39 is 17.8 Å². The van der Waals surface area contributed by atoms with Crippen molar-refractivity contribution in [1.82, 2.24) is 4.90 Å². The molecule has 6 nitrogen and oxygen atoms in total. The number of imide groups is 2. The molecule has 0 unspecified atom stereocenters. The Morgan fingerprint density at radius 3 is 2.37 bits per heavy atom. The Labute approximate surface area is 181 Å². The Morgan fingerprint density at radius 1 is 0.900 bits per heavy atom. The molecule has 1 aliphatic rings. The summed E-state index contributed by atoms with van der Waals surface area (Å²) >= 11 is 12.2. The predicted octanol–water partition coefficient (Wildman–Crippen LogP) is 5.26. The lowest BCUT2D eigenvalue weighted by Gasteiger charge is -2.31. The molecule has 1 aromatic heterocycles. The van der Waals surface area contributed by atoms with Gasteiger partial charge in [0.05, 0.1) is 10.7 Å². The largest absolute Gasteiger partial charge is 0.457 e. The van der Waals surface area contributed by atoms with E-state index in [1.165, 1.54) is 13.1 Å². The maximum Gasteiger partial charge on any atom is 0.338 e. The van der Waals surface area contributed by atoms with E-state index in [9.17, 15) is 14.4 Å². The van der Waals surface area contributed by atoms with Crippen molar-refractivity contribution in [3.63, 3.8) is 0 Å². The van der Waals surface area contributed by atoms with Crippen molar-refractivity contribution in [3.05, 3.63) is 82.0 Å². The summed E-state index contributed by atoms with van der Waals surface area (Å²) in [7, 11) is 1.32. The van der Waals surface area contributed by atoms with Crippen LogP contribution in [0, 0.1) is 0 Å². The van der Waals surface area contributed by atoms with Gasteiger partial charge in [-0.05, 0) is 48.5 Å². The van der Waals surface area contributed by atoms with Gasteiger partial charge in [0.1, 0.15) is 17.1 Å². The molecule has 8 heteroatoms. The smallest absolute Gasteiger partial charge is 0.338 e. The number of amides is 4. The minimum atomic E-state index is -0.729. The van der Waals surface area contributed by atoms with Gasteiger partial charge in [-0.3, -0.25) is 14.5 Å². The Morgan fingerprint density at radius 2 is 1.63 bits per heavy atom. The summed E-state index contributed by atoms with van der Waals surface area (Å²) in [5.74, 6) is -0.758. The first-order valence-electron chi connectivity index (χ1n) is 8.85. The molecule has 0 spiro atoms. The molecule has 0 radical (unpaired) electrons. The summed E-state index contributed by atoms with van der Waals surface area (Å²) in [6.07, 6.45) is 1.31. The highest BCUT2D eigenvalue weighted by Crippen LogP contribution is 2.33. The molecule has 0 aliphatic carbocycles. The summed E-state index contributed by atoms with van der Waals surface area (Å²) < 4.78 is 5.76. The first kappa shape index (κ1) is 19.9. The summed E-state index contributed by atoms with van der Waals surface area (Å²) in [4.78, 5) is 40.0. The van der Waals surface area contributed by atoms with E-state index in [0.717, 1.165) is 9.80 Å². The molecule has 0 atom stereocenters. The fraction of sp³-hybridized carbons (Fsp3) is 0.0455. The number of furan rings is 1. The SMILES string of the molecule is CN1C(=O)/C(=C\c2ccc(-c3cc(Cl)ccc3Cl)o2)C(=O)N(c2ccccc2)C1=O. The average Bonchev–Trinajstić information content (AvgIpc) is 3.21. The van der Waals surface area contributed by atoms with E-state index in [1.807, 2.05) is 0 Å². The molecule has 0 N–H and O–H groups in total. The number of nitrogens with zero attached hydrogens (tertiary/aromatic N) is 2. The Hall–Kier alpha value is -3.35. The second-order valence-electron chi connectivity index (χ2n) is 6.51. The maximum absolute atomic E-state index is 13.0. The zero-order valence-corrected chi connectivity index (χ0v) is 17.1. The minimum Gasteiger partial charge on any atom is -0.457 e. The highest BCUT2D eigenvalue weighted by Gasteiger charge is 2.41. The first-order valence-corrected chi connectivity index (χ1v) is 9.61. The molecule has 4 rings (SSSR count). The van der Waals surface area contributed by atoms with Crippen LogP contribution in [0.1, 0.15) is 5.76 Å². The average molecular weight is 441 g/mol. The Balaban J connectivity index is 1.73. The van der Waals surface area contributed by atoms with Gasteiger partial charge in [0.15, 0.2) is 0 Å². The normalized spacial score (nSPS) is 16.0. The predicted molar refractivity (Wildman–Crippen MR) is 114 cm³/mol. The van der Waals surface area contributed by atoms with Crippen LogP contribution in [-0.2, 0) is 9.59 Å². The highest BCUT2D eigenvalue weighted by molar-refractivity contribution is 6.39. The van der Waals surface area contributed by atoms with Crippen LogP contribution in [0.2, 0.25) is 10.0 Å². The molecule has 1 fully saturated rings. The third kappa shape index (κ3) is 3.51. The van der Waals surface area contributed by atoms with Gasteiger partial charge >= 0.3 is 6.03 Å². The maximum atomic E-state index is 13.0. The van der Waals surface area contributed by atoms with Crippen LogP contribution in [0.25, 0.3) is 17.4 Å². The van der Waals surface area contributed by atoms with Crippen LogP contribution in [0.15, 0.2) is 70.7 Å². The van der Waals surface area contributed by atoms with Crippen LogP contribution in [0.5, 0.6) is 0 Å². The molecule has 1 saturated heterocycles. The molecule has 0 saturated carbocycles. The van der Waals surface area contributed by atoms with Crippen LogP contribution in [0.3, 0.4) is 0 Å². The molecule has 2 heterocycles. The van der Waals surface area contributed by atoms with E-state index in [4.69, 9.17) is 27.6 Å². The lowest BCUT2D eigenvalue weighted by molar-refractivity contribution is -0.128. The van der Waals surface area contributed by atoms with Crippen LogP contribution >= 0.6 is 23.2 Å². The fourth-order valence-corrected chi connectivity index (χ4v) is 3.43. The van der Waals surface area contributed by atoms with Crippen molar-refractivity contribution in [1.29, 1.82) is 0 Å². The third-order valence-electron chi connectivity index (χ3n) is 4.57. The molecule has 0 bridgehead atoms. The van der Waals surface area contributed by atoms with E-state index in [2.05, 4.69) is 0 Å². The number of barbiturate groups is 1. The van der Waals surface area contributed by atoms with Gasteiger partial charge < -0.3 is 4.42 Å². The number of rotatable bonds is 3. The van der Waals surface area contributed by atoms with Gasteiger partial charge in [-0.1, -0.05) is 41.4 Å². The summed E-state index contributed by atoms with van der Waals surface area (Å²) in [5, 5.41) is 0.931. The van der Waals surface area contributed by atoms with Crippen molar-refractivity contribution < 1.29 is 18.8 Å². The van der Waals surface area contributed by atoms with E-state index >= 15 is 0 Å². The van der Waals surface area contributed by atoms with Crippen LogP contribution in [-0.4, -0.2) is 29.8 Å². The Kier molecular flexibility index (Phi) is 5.20. The van der Waals surface area contributed by atoms with Crippen molar-refractivity contribution in [2.75, 3.05) is 11.9 Å². The van der Waals surface area contributed by atoms with Crippen molar-refractivity contribution in [3.8, 4) is 11.3 Å². The van der Waals surface area contributed by atoms with Gasteiger partial charge in [0.2, 0.25) is 0 Å². The van der Waals surface area contributed by atoms with Crippen LogP contribution < -0.4 is 4.90 Å². The van der Waals surface area contributed by atoms with Gasteiger partial charge in [0, 0.05) is 17.6 Å². The summed E-state index contributed by atoms with van der Waals surface area (Å²) in [6, 6.07) is 15.9. The minimum absolute atomic E-state index is 0.195. The Bertz CT molecular complexity index is 1200. The number of likely N-dealkylation sites (N-methyl/N-ethyl adjacent to an activating group) is 1. The molecular formula is C22H14Cl2N2O4. The standard InChI is InChI=1S/C22H14Cl2N2O4/c1-25-20(27)17(21(28)26(22(25)29)14-5-3-2-4-6-14)12-15-8-10-19(30-15)16-11-13(23)7-9-18(16)24/h2-12H,1H3/b17-12+. The van der Waals surface area contributed by atoms with Gasteiger partial charge in [-0.2, -0.15) is 0 Å². The summed E-state index contributed by atoms with van der Waals surface area (Å²) in [5.41, 5.74) is 0.746. The van der Waals surface area contributed by atoms with Crippen molar-refractivity contribution >= 4 is 52.8 Å². The molecule has 3 aromatic rings. The molecule has 1 aliphatic heterocycles. The van der Waals surface area contributed by atoms with Crippen molar-refractivity contribution in [2.24, 2.45) is 0 Å². The first-order chi connectivity index (χ1) is 14.4. The second-order valence-corrected chi connectivity index (χ2v) is 7.35. The molecule has 2 aromatic carbocycles. The number of anilines is 1. The third-order valence-corrected chi connectivity index (χ3v) is 5.13. The molecule has 30 heavy (non-hydrogen) atoms. The molecular weight excluding hydrogens is 427 g/mol.